The van der Waals surface area contributed by atoms with Gasteiger partial charge in [0.05, 0.1) is 0 Å². The van der Waals surface area contributed by atoms with Crippen molar-refractivity contribution in [1.29, 1.82) is 0 Å². The van der Waals surface area contributed by atoms with Crippen molar-refractivity contribution in [2.45, 2.75) is 39.2 Å². The molecule has 1 amide bonds. The van der Waals surface area contributed by atoms with Gasteiger partial charge in [-0.3, -0.25) is 4.79 Å². The van der Waals surface area contributed by atoms with Crippen LogP contribution in [0.3, 0.4) is 0 Å². The lowest BCUT2D eigenvalue weighted by molar-refractivity contribution is -0.117. The maximum absolute atomic E-state index is 12.6. The first-order chi connectivity index (χ1) is 13.1. The Kier molecular flexibility index (Phi) is 4.61. The molecule has 142 valence electrons. The number of nitrogens with one attached hydrogen (secondary N) is 1. The van der Waals surface area contributed by atoms with Crippen molar-refractivity contribution in [3.05, 3.63) is 34.7 Å². The van der Waals surface area contributed by atoms with E-state index in [0.29, 0.717) is 23.0 Å². The number of hydrogen-bond donors (Lipinski definition) is 1. The minimum absolute atomic E-state index is 0.216. The normalized spacial score (nSPS) is 15.1. The molecule has 0 radical (unpaired) electrons. The number of carbonyl (C=O) groups excluding carboxylic acids is 1. The Morgan fingerprint density at radius 1 is 1.26 bits per heavy atom. The van der Waals surface area contributed by atoms with E-state index < -0.39 is 5.91 Å². The highest BCUT2D eigenvalue weighted by atomic mass is 16.5. The zero-order chi connectivity index (χ0) is 18.8. The van der Waals surface area contributed by atoms with Gasteiger partial charge in [0.15, 0.2) is 11.6 Å². The molecule has 1 aliphatic heterocycles. The van der Waals surface area contributed by atoms with Gasteiger partial charge in [-0.2, -0.15) is 0 Å². The quantitative estimate of drug-likeness (QED) is 0.734. The predicted octanol–water partition coefficient (Wildman–Crippen LogP) is 1.21. The Morgan fingerprint density at radius 3 is 2.74 bits per heavy atom. The van der Waals surface area contributed by atoms with E-state index in [1.807, 2.05) is 0 Å². The zero-order valence-corrected chi connectivity index (χ0v) is 15.1. The predicted molar refractivity (Wildman–Crippen MR) is 97.8 cm³/mol. The van der Waals surface area contributed by atoms with Crippen LogP contribution in [-0.2, 0) is 11.3 Å². The van der Waals surface area contributed by atoms with Crippen molar-refractivity contribution in [2.24, 2.45) is 0 Å². The summed E-state index contributed by atoms with van der Waals surface area (Å²) >= 11 is 0. The standard InChI is InChI=1S/C17H21N7O3/c1-12-10-13(21-27-12)19-14(25)11-24-17(26)23-9-6-18-15(16(23)20-24)22-7-4-2-3-5-8-22/h6,9-10H,2-5,7-8,11H2,1H3,(H,19,21,25). The highest BCUT2D eigenvalue weighted by molar-refractivity contribution is 5.89. The molecule has 0 spiro atoms. The summed E-state index contributed by atoms with van der Waals surface area (Å²) in [4.78, 5) is 31.5. The van der Waals surface area contributed by atoms with E-state index in [9.17, 15) is 9.59 Å². The average molecular weight is 371 g/mol. The molecule has 3 aromatic heterocycles. The van der Waals surface area contributed by atoms with Crippen LogP contribution in [0.15, 0.2) is 27.8 Å². The van der Waals surface area contributed by atoms with Crippen LogP contribution in [0.25, 0.3) is 5.65 Å². The molecule has 1 saturated heterocycles. The summed E-state index contributed by atoms with van der Waals surface area (Å²) in [7, 11) is 0. The highest BCUT2D eigenvalue weighted by Gasteiger charge is 2.19. The van der Waals surface area contributed by atoms with Gasteiger partial charge in [-0.1, -0.05) is 18.0 Å². The summed E-state index contributed by atoms with van der Waals surface area (Å²) < 4.78 is 7.48. The number of aromatic nitrogens is 5. The van der Waals surface area contributed by atoms with E-state index in [1.165, 1.54) is 17.2 Å². The van der Waals surface area contributed by atoms with Crippen LogP contribution in [0.5, 0.6) is 0 Å². The molecule has 1 fully saturated rings. The monoisotopic (exact) mass is 371 g/mol. The Hall–Kier alpha value is -3.17. The van der Waals surface area contributed by atoms with Gasteiger partial charge in [-0.15, -0.1) is 5.10 Å². The number of nitrogens with zero attached hydrogens (tertiary/aromatic N) is 6. The molecule has 0 atom stereocenters. The summed E-state index contributed by atoms with van der Waals surface area (Å²) in [5, 5.41) is 10.7. The topological polar surface area (TPSA) is 111 Å². The van der Waals surface area contributed by atoms with Crippen molar-refractivity contribution in [3.63, 3.8) is 0 Å². The third-order valence-electron chi connectivity index (χ3n) is 4.58. The van der Waals surface area contributed by atoms with E-state index in [0.717, 1.165) is 30.6 Å². The second-order valence-electron chi connectivity index (χ2n) is 6.66. The Labute approximate surface area is 154 Å². The molecule has 10 heteroatoms. The van der Waals surface area contributed by atoms with E-state index >= 15 is 0 Å². The van der Waals surface area contributed by atoms with Gasteiger partial charge in [0.25, 0.3) is 0 Å². The molecule has 1 aliphatic rings. The molecule has 27 heavy (non-hydrogen) atoms. The molecular formula is C17H21N7O3. The number of hydrogen-bond acceptors (Lipinski definition) is 7. The summed E-state index contributed by atoms with van der Waals surface area (Å²) in [5.74, 6) is 1.17. The molecule has 1 N–H and O–H groups in total. The molecule has 0 bridgehead atoms. The summed E-state index contributed by atoms with van der Waals surface area (Å²) in [5.41, 5.74) is 0.0874. The summed E-state index contributed by atoms with van der Waals surface area (Å²) in [6.07, 6.45) is 7.74. The smallest absolute Gasteiger partial charge is 0.350 e. The maximum Gasteiger partial charge on any atom is 0.350 e. The van der Waals surface area contributed by atoms with Gasteiger partial charge >= 0.3 is 5.69 Å². The van der Waals surface area contributed by atoms with Crippen LogP contribution >= 0.6 is 0 Å². The first-order valence-electron chi connectivity index (χ1n) is 9.04. The van der Waals surface area contributed by atoms with Crippen LogP contribution in [0, 0.1) is 6.92 Å². The zero-order valence-electron chi connectivity index (χ0n) is 15.1. The minimum atomic E-state index is -0.405. The molecule has 3 aromatic rings. The van der Waals surface area contributed by atoms with Gasteiger partial charge in [-0.05, 0) is 19.8 Å². The van der Waals surface area contributed by atoms with Crippen molar-refractivity contribution in [2.75, 3.05) is 23.3 Å². The molecule has 4 rings (SSSR count). The van der Waals surface area contributed by atoms with Gasteiger partial charge in [-0.25, -0.2) is 18.9 Å². The van der Waals surface area contributed by atoms with Gasteiger partial charge in [0.1, 0.15) is 12.3 Å². The molecular weight excluding hydrogens is 350 g/mol. The van der Waals surface area contributed by atoms with E-state index in [-0.39, 0.29) is 12.2 Å². The first-order valence-corrected chi connectivity index (χ1v) is 9.04. The van der Waals surface area contributed by atoms with Crippen molar-refractivity contribution >= 4 is 23.2 Å². The van der Waals surface area contributed by atoms with Gasteiger partial charge in [0, 0.05) is 31.5 Å². The molecule has 0 saturated carbocycles. The van der Waals surface area contributed by atoms with Crippen LogP contribution < -0.4 is 15.9 Å². The van der Waals surface area contributed by atoms with E-state index in [1.54, 1.807) is 25.4 Å². The van der Waals surface area contributed by atoms with Crippen LogP contribution in [0.2, 0.25) is 0 Å². The summed E-state index contributed by atoms with van der Waals surface area (Å²) in [6.45, 7) is 3.29. The highest BCUT2D eigenvalue weighted by Crippen LogP contribution is 2.20. The number of rotatable bonds is 4. The fourth-order valence-electron chi connectivity index (χ4n) is 3.29. The number of anilines is 2. The molecule has 0 aromatic carbocycles. The molecule has 10 nitrogen and oxygen atoms in total. The number of fused-ring (bicyclic) bond motifs is 1. The first kappa shape index (κ1) is 17.3. The lowest BCUT2D eigenvalue weighted by Crippen LogP contribution is -2.28. The Morgan fingerprint density at radius 2 is 2.04 bits per heavy atom. The Balaban J connectivity index is 1.60. The second-order valence-corrected chi connectivity index (χ2v) is 6.66. The summed E-state index contributed by atoms with van der Waals surface area (Å²) in [6, 6.07) is 1.60. The van der Waals surface area contributed by atoms with Gasteiger partial charge < -0.3 is 14.7 Å². The fraction of sp³-hybridized carbons (Fsp3) is 0.471. The van der Waals surface area contributed by atoms with Crippen molar-refractivity contribution < 1.29 is 9.32 Å². The minimum Gasteiger partial charge on any atom is -0.360 e. The lowest BCUT2D eigenvalue weighted by Gasteiger charge is -2.20. The fourth-order valence-corrected chi connectivity index (χ4v) is 3.29. The third-order valence-corrected chi connectivity index (χ3v) is 4.58. The third kappa shape index (κ3) is 3.55. The van der Waals surface area contributed by atoms with E-state index in [2.05, 4.69) is 25.5 Å². The van der Waals surface area contributed by atoms with Crippen LogP contribution in [-0.4, -0.2) is 43.3 Å². The van der Waals surface area contributed by atoms with Crippen molar-refractivity contribution in [1.82, 2.24) is 24.3 Å². The van der Waals surface area contributed by atoms with Crippen LogP contribution in [0.4, 0.5) is 11.6 Å². The molecule has 0 unspecified atom stereocenters. The van der Waals surface area contributed by atoms with Crippen molar-refractivity contribution in [3.8, 4) is 0 Å². The van der Waals surface area contributed by atoms with Gasteiger partial charge in [0.2, 0.25) is 11.6 Å². The lowest BCUT2D eigenvalue weighted by atomic mass is 10.2. The maximum atomic E-state index is 12.6. The largest absolute Gasteiger partial charge is 0.360 e. The molecule has 0 aliphatic carbocycles. The van der Waals surface area contributed by atoms with E-state index in [4.69, 9.17) is 4.52 Å². The SMILES string of the molecule is Cc1cc(NC(=O)Cn2nc3c(N4CCCCCC4)nccn3c2=O)no1. The number of carbonyl (C=O) groups is 1. The van der Waals surface area contributed by atoms with Crippen LogP contribution in [0.1, 0.15) is 31.4 Å². The number of aryl methyl sites for hydroxylation is 1. The Bertz CT molecular complexity index is 1010. The molecule has 4 heterocycles. The second kappa shape index (κ2) is 7.22. The number of amides is 1. The average Bonchev–Trinajstić information content (AvgIpc) is 3.07.